The molecule has 0 atom stereocenters. The molecule has 2 aromatic carbocycles. The van der Waals surface area contributed by atoms with Gasteiger partial charge in [-0.2, -0.15) is 0 Å². The van der Waals surface area contributed by atoms with Crippen LogP contribution in [0.3, 0.4) is 0 Å². The van der Waals surface area contributed by atoms with Gasteiger partial charge in [0.05, 0.1) is 11.9 Å². The summed E-state index contributed by atoms with van der Waals surface area (Å²) >= 11 is 0. The molecule has 1 N–H and O–H groups in total. The van der Waals surface area contributed by atoms with Gasteiger partial charge in [0.15, 0.2) is 0 Å². The lowest BCUT2D eigenvalue weighted by atomic mass is 10.1. The first-order chi connectivity index (χ1) is 17.1. The molecule has 0 aliphatic heterocycles. The molecule has 0 radical (unpaired) electrons. The minimum absolute atomic E-state index is 0.542. The van der Waals surface area contributed by atoms with Crippen molar-refractivity contribution in [2.75, 3.05) is 5.32 Å². The molecule has 0 amide bonds. The normalized spacial score (nSPS) is 11.3. The van der Waals surface area contributed by atoms with Crippen molar-refractivity contribution in [1.82, 2.24) is 29.5 Å². The van der Waals surface area contributed by atoms with E-state index in [-0.39, 0.29) is 0 Å². The second-order valence-electron chi connectivity index (χ2n) is 8.23. The van der Waals surface area contributed by atoms with Crippen LogP contribution in [0.5, 0.6) is 11.5 Å². The van der Waals surface area contributed by atoms with Crippen LogP contribution in [0.4, 0.5) is 11.5 Å². The van der Waals surface area contributed by atoms with Gasteiger partial charge in [-0.25, -0.2) is 15.0 Å². The summed E-state index contributed by atoms with van der Waals surface area (Å²) < 4.78 is 13.6. The van der Waals surface area contributed by atoms with Crippen LogP contribution in [0.1, 0.15) is 22.9 Å². The van der Waals surface area contributed by atoms with Gasteiger partial charge in [0, 0.05) is 42.7 Å². The van der Waals surface area contributed by atoms with Crippen molar-refractivity contribution in [3.63, 3.8) is 0 Å². The Balaban J connectivity index is 1.25. The van der Waals surface area contributed by atoms with E-state index in [9.17, 15) is 0 Å². The Hall–Kier alpha value is -4.79. The molecule has 9 heteroatoms. The number of anilines is 2. The summed E-state index contributed by atoms with van der Waals surface area (Å²) in [5.41, 5.74) is 4.61. The van der Waals surface area contributed by atoms with E-state index < -0.39 is 0 Å². The maximum absolute atomic E-state index is 6.11. The van der Waals surface area contributed by atoms with Gasteiger partial charge in [0.1, 0.15) is 29.3 Å². The number of fused-ring (bicyclic) bond motifs is 2. The van der Waals surface area contributed by atoms with Crippen LogP contribution in [-0.2, 0) is 6.42 Å². The maximum atomic E-state index is 6.11. The van der Waals surface area contributed by atoms with E-state index in [0.29, 0.717) is 18.2 Å². The van der Waals surface area contributed by atoms with Crippen molar-refractivity contribution in [2.24, 2.45) is 0 Å². The fraction of sp³-hybridized carbons (Fsp3) is 0.115. The van der Waals surface area contributed by atoms with Crippen molar-refractivity contribution >= 4 is 28.1 Å². The molecule has 0 fully saturated rings. The average Bonchev–Trinajstić information content (AvgIpc) is 3.49. The first-order valence-corrected chi connectivity index (χ1v) is 11.1. The largest absolute Gasteiger partial charge is 0.457 e. The third-order valence-electron chi connectivity index (χ3n) is 5.66. The highest BCUT2D eigenvalue weighted by Gasteiger charge is 2.10. The monoisotopic (exact) mass is 463 g/mol. The quantitative estimate of drug-likeness (QED) is 0.350. The number of pyridine rings is 1. The Morgan fingerprint density at radius 2 is 1.89 bits per heavy atom. The fourth-order valence-electron chi connectivity index (χ4n) is 3.96. The van der Waals surface area contributed by atoms with Crippen LogP contribution in [0.25, 0.3) is 16.6 Å². The van der Waals surface area contributed by atoms with Crippen LogP contribution in [0, 0.1) is 13.8 Å². The Morgan fingerprint density at radius 1 is 0.943 bits per heavy atom. The zero-order valence-electron chi connectivity index (χ0n) is 19.1. The standard InChI is InChI=1S/C26H21N7O2/c1-16-11-19(4-6-23(16)35-20-7-9-33-10-8-27-24(33)14-20)30-26-21-12-18(3-5-22(21)28-15-29-26)13-25-32-31-17(2)34-25/h3-12,14-15H,13H2,1-2H3,(H,28,29,30). The second kappa shape index (κ2) is 8.53. The second-order valence-corrected chi connectivity index (χ2v) is 8.23. The highest BCUT2D eigenvalue weighted by Crippen LogP contribution is 2.30. The molecule has 4 aromatic heterocycles. The van der Waals surface area contributed by atoms with Crippen molar-refractivity contribution in [3.8, 4) is 11.5 Å². The van der Waals surface area contributed by atoms with Gasteiger partial charge >= 0.3 is 0 Å². The van der Waals surface area contributed by atoms with Gasteiger partial charge in [-0.15, -0.1) is 10.2 Å². The predicted octanol–water partition coefficient (Wildman–Crippen LogP) is 5.40. The van der Waals surface area contributed by atoms with Crippen LogP contribution < -0.4 is 10.1 Å². The number of hydrogen-bond acceptors (Lipinski definition) is 8. The first-order valence-electron chi connectivity index (χ1n) is 11.1. The molecule has 6 aromatic rings. The summed E-state index contributed by atoms with van der Waals surface area (Å²) in [7, 11) is 0. The fourth-order valence-corrected chi connectivity index (χ4v) is 3.96. The van der Waals surface area contributed by atoms with Gasteiger partial charge in [0.2, 0.25) is 11.8 Å². The van der Waals surface area contributed by atoms with Crippen molar-refractivity contribution in [1.29, 1.82) is 0 Å². The number of hydrogen-bond donors (Lipinski definition) is 1. The summed E-state index contributed by atoms with van der Waals surface area (Å²) in [4.78, 5) is 13.2. The van der Waals surface area contributed by atoms with Gasteiger partial charge in [0.25, 0.3) is 0 Å². The molecule has 4 heterocycles. The lowest BCUT2D eigenvalue weighted by Crippen LogP contribution is -1.98. The van der Waals surface area contributed by atoms with Crippen molar-refractivity contribution in [2.45, 2.75) is 20.3 Å². The minimum atomic E-state index is 0.542. The summed E-state index contributed by atoms with van der Waals surface area (Å²) in [6, 6.07) is 15.8. The van der Waals surface area contributed by atoms with E-state index in [0.717, 1.165) is 50.7 Å². The molecule has 0 saturated carbocycles. The smallest absolute Gasteiger partial charge is 0.220 e. The molecule has 6 rings (SSSR count). The van der Waals surface area contributed by atoms with E-state index in [4.69, 9.17) is 9.15 Å². The van der Waals surface area contributed by atoms with Crippen LogP contribution in [-0.4, -0.2) is 29.5 Å². The SMILES string of the molecule is Cc1nnc(Cc2ccc3ncnc(Nc4ccc(Oc5ccn6ccnc6c5)c(C)c4)c3c2)o1. The first kappa shape index (κ1) is 20.8. The Labute approximate surface area is 200 Å². The number of ether oxygens (including phenoxy) is 1. The molecule has 9 nitrogen and oxygen atoms in total. The molecule has 0 unspecified atom stereocenters. The number of nitrogens with one attached hydrogen (secondary N) is 1. The average molecular weight is 464 g/mol. The molecule has 172 valence electrons. The molecule has 35 heavy (non-hydrogen) atoms. The van der Waals surface area contributed by atoms with Crippen LogP contribution in [0.2, 0.25) is 0 Å². The zero-order chi connectivity index (χ0) is 23.8. The summed E-state index contributed by atoms with van der Waals surface area (Å²) in [6.07, 6.45) is 7.69. The topological polar surface area (TPSA) is 103 Å². The van der Waals surface area contributed by atoms with Crippen molar-refractivity contribution in [3.05, 3.63) is 96.4 Å². The van der Waals surface area contributed by atoms with E-state index in [1.165, 1.54) is 0 Å². The Kier molecular flexibility index (Phi) is 5.07. The van der Waals surface area contributed by atoms with E-state index in [2.05, 4.69) is 30.5 Å². The third kappa shape index (κ3) is 4.26. The number of aromatic nitrogens is 6. The van der Waals surface area contributed by atoms with Gasteiger partial charge in [-0.1, -0.05) is 6.07 Å². The molecule has 0 spiro atoms. The van der Waals surface area contributed by atoms with Crippen LogP contribution >= 0.6 is 0 Å². The number of nitrogens with zero attached hydrogens (tertiary/aromatic N) is 6. The number of aryl methyl sites for hydroxylation is 2. The highest BCUT2D eigenvalue weighted by atomic mass is 16.5. The summed E-state index contributed by atoms with van der Waals surface area (Å²) in [5, 5.41) is 12.3. The Bertz CT molecular complexity index is 1670. The van der Waals surface area contributed by atoms with Gasteiger partial charge in [-0.05, 0) is 54.4 Å². The lowest BCUT2D eigenvalue weighted by molar-refractivity contribution is 0.477. The highest BCUT2D eigenvalue weighted by molar-refractivity contribution is 5.91. The number of imidazole rings is 1. The summed E-state index contributed by atoms with van der Waals surface area (Å²) in [6.45, 7) is 3.79. The molecule has 0 aliphatic carbocycles. The molecular formula is C26H21N7O2. The molecule has 0 bridgehead atoms. The summed E-state index contributed by atoms with van der Waals surface area (Å²) in [5.74, 6) is 3.36. The van der Waals surface area contributed by atoms with Gasteiger partial charge in [-0.3, -0.25) is 0 Å². The van der Waals surface area contributed by atoms with Crippen molar-refractivity contribution < 1.29 is 9.15 Å². The number of rotatable bonds is 6. The van der Waals surface area contributed by atoms with E-state index in [1.807, 2.05) is 72.2 Å². The number of benzene rings is 2. The predicted molar refractivity (Wildman–Crippen MR) is 131 cm³/mol. The molecular weight excluding hydrogens is 442 g/mol. The van der Waals surface area contributed by atoms with Crippen LogP contribution in [0.15, 0.2) is 77.9 Å². The van der Waals surface area contributed by atoms with E-state index >= 15 is 0 Å². The zero-order valence-corrected chi connectivity index (χ0v) is 19.1. The Morgan fingerprint density at radius 3 is 2.74 bits per heavy atom. The van der Waals surface area contributed by atoms with E-state index in [1.54, 1.807) is 19.4 Å². The molecule has 0 aliphatic rings. The molecule has 0 saturated heterocycles. The third-order valence-corrected chi connectivity index (χ3v) is 5.66. The van der Waals surface area contributed by atoms with Gasteiger partial charge < -0.3 is 18.9 Å². The maximum Gasteiger partial charge on any atom is 0.220 e. The lowest BCUT2D eigenvalue weighted by Gasteiger charge is -2.13. The minimum Gasteiger partial charge on any atom is -0.457 e.